The van der Waals surface area contributed by atoms with Gasteiger partial charge >= 0.3 is 0 Å². The van der Waals surface area contributed by atoms with Gasteiger partial charge in [-0.15, -0.1) is 11.3 Å². The number of hydrogen-bond acceptors (Lipinski definition) is 4. The average Bonchev–Trinajstić information content (AvgIpc) is 3.06. The monoisotopic (exact) mass is 330 g/mol. The van der Waals surface area contributed by atoms with Crippen LogP contribution in [0, 0.1) is 0 Å². The van der Waals surface area contributed by atoms with Gasteiger partial charge in [-0.2, -0.15) is 0 Å². The van der Waals surface area contributed by atoms with E-state index >= 15 is 0 Å². The molecule has 2 unspecified atom stereocenters. The Morgan fingerprint density at radius 1 is 1.35 bits per heavy atom. The minimum absolute atomic E-state index is 0.0146. The molecule has 2 amide bonds. The lowest BCUT2D eigenvalue weighted by atomic mass is 10.2. The second-order valence-corrected chi connectivity index (χ2v) is 6.44. The molecule has 1 aliphatic rings. The van der Waals surface area contributed by atoms with E-state index < -0.39 is 6.10 Å². The van der Waals surface area contributed by atoms with Crippen LogP contribution in [0.4, 0.5) is 5.69 Å². The zero-order chi connectivity index (χ0) is 16.4. The molecule has 6 heteroatoms. The van der Waals surface area contributed by atoms with Crippen molar-refractivity contribution in [3.8, 4) is 5.75 Å². The molecule has 0 saturated carbocycles. The van der Waals surface area contributed by atoms with Crippen molar-refractivity contribution < 1.29 is 14.3 Å². The molecule has 0 aliphatic carbocycles. The van der Waals surface area contributed by atoms with E-state index in [0.29, 0.717) is 11.4 Å². The van der Waals surface area contributed by atoms with Crippen molar-refractivity contribution in [2.45, 2.75) is 26.0 Å². The van der Waals surface area contributed by atoms with E-state index in [1.165, 1.54) is 4.90 Å². The van der Waals surface area contributed by atoms with Gasteiger partial charge in [0.15, 0.2) is 6.10 Å². The van der Waals surface area contributed by atoms with Crippen molar-refractivity contribution >= 4 is 28.8 Å². The summed E-state index contributed by atoms with van der Waals surface area (Å²) in [5.74, 6) is 0.226. The summed E-state index contributed by atoms with van der Waals surface area (Å²) < 4.78 is 5.57. The lowest BCUT2D eigenvalue weighted by molar-refractivity contribution is -0.128. The highest BCUT2D eigenvalue weighted by Gasteiger charge is 2.32. The van der Waals surface area contributed by atoms with Crippen molar-refractivity contribution in [2.75, 3.05) is 11.4 Å². The van der Waals surface area contributed by atoms with Gasteiger partial charge in [-0.3, -0.25) is 14.5 Å². The number of thiophene rings is 1. The van der Waals surface area contributed by atoms with Gasteiger partial charge in [-0.25, -0.2) is 0 Å². The van der Waals surface area contributed by atoms with Crippen LogP contribution in [0.25, 0.3) is 0 Å². The van der Waals surface area contributed by atoms with E-state index in [1.54, 1.807) is 30.4 Å². The second kappa shape index (κ2) is 6.42. The molecule has 0 bridgehead atoms. The van der Waals surface area contributed by atoms with E-state index in [0.717, 1.165) is 4.88 Å². The first-order valence-corrected chi connectivity index (χ1v) is 8.34. The number of ether oxygens (including phenoxy) is 1. The molecule has 2 aromatic rings. The molecule has 1 aliphatic heterocycles. The third-order valence-electron chi connectivity index (χ3n) is 3.72. The van der Waals surface area contributed by atoms with Gasteiger partial charge < -0.3 is 10.1 Å². The third-order valence-corrected chi connectivity index (χ3v) is 4.78. The van der Waals surface area contributed by atoms with Crippen LogP contribution in [0.15, 0.2) is 41.8 Å². The summed E-state index contributed by atoms with van der Waals surface area (Å²) in [6, 6.07) is 11.1. The van der Waals surface area contributed by atoms with Crippen LogP contribution in [-0.4, -0.2) is 24.5 Å². The number of carbonyl (C=O) groups is 2. The molecular weight excluding hydrogens is 312 g/mol. The number of nitrogens with zero attached hydrogens (tertiary/aromatic N) is 1. The van der Waals surface area contributed by atoms with Crippen LogP contribution in [0.3, 0.4) is 0 Å². The number of rotatable bonds is 4. The fourth-order valence-corrected chi connectivity index (χ4v) is 3.30. The second-order valence-electron chi connectivity index (χ2n) is 5.46. The molecule has 0 saturated heterocycles. The zero-order valence-electron chi connectivity index (χ0n) is 13.0. The number of hydrogen-bond donors (Lipinski definition) is 1. The molecule has 1 N–H and O–H groups in total. The smallest absolute Gasteiger partial charge is 0.268 e. The highest BCUT2D eigenvalue weighted by atomic mass is 32.1. The van der Waals surface area contributed by atoms with E-state index in [-0.39, 0.29) is 24.4 Å². The van der Waals surface area contributed by atoms with Gasteiger partial charge in [0.2, 0.25) is 5.91 Å². The quantitative estimate of drug-likeness (QED) is 0.938. The standard InChI is InChI=1S/C17H18N2O3S/c1-11(15-8-5-9-23-15)18-16(20)10-19-13-6-3-4-7-14(13)22-12(2)17(19)21/h3-9,11-12H,10H2,1-2H3,(H,18,20). The normalized spacial score (nSPS) is 18.1. The average molecular weight is 330 g/mol. The maximum atomic E-state index is 12.4. The van der Waals surface area contributed by atoms with Crippen LogP contribution in [0.5, 0.6) is 5.75 Å². The molecule has 0 spiro atoms. The predicted molar refractivity (Wildman–Crippen MR) is 89.8 cm³/mol. The largest absolute Gasteiger partial charge is 0.479 e. The Bertz CT molecular complexity index is 714. The molecule has 0 radical (unpaired) electrons. The van der Waals surface area contributed by atoms with Crippen molar-refractivity contribution in [2.24, 2.45) is 0 Å². The molecule has 23 heavy (non-hydrogen) atoms. The molecule has 0 fully saturated rings. The number of anilines is 1. The lowest BCUT2D eigenvalue weighted by Crippen LogP contribution is -2.49. The van der Waals surface area contributed by atoms with E-state index in [9.17, 15) is 9.59 Å². The Labute approximate surface area is 138 Å². The van der Waals surface area contributed by atoms with E-state index in [4.69, 9.17) is 4.74 Å². The summed E-state index contributed by atoms with van der Waals surface area (Å²) in [4.78, 5) is 27.3. The zero-order valence-corrected chi connectivity index (χ0v) is 13.8. The minimum atomic E-state index is -0.590. The highest BCUT2D eigenvalue weighted by Crippen LogP contribution is 2.33. The fourth-order valence-electron chi connectivity index (χ4n) is 2.56. The number of para-hydroxylation sites is 2. The first-order valence-electron chi connectivity index (χ1n) is 7.46. The topological polar surface area (TPSA) is 58.6 Å². The molecular formula is C17H18N2O3S. The molecule has 5 nitrogen and oxygen atoms in total. The molecule has 1 aromatic heterocycles. The molecule has 120 valence electrons. The van der Waals surface area contributed by atoms with E-state index in [1.807, 2.05) is 36.6 Å². The lowest BCUT2D eigenvalue weighted by Gasteiger charge is -2.32. The van der Waals surface area contributed by atoms with Crippen molar-refractivity contribution in [1.29, 1.82) is 0 Å². The van der Waals surface area contributed by atoms with Crippen molar-refractivity contribution in [3.05, 3.63) is 46.7 Å². The van der Waals surface area contributed by atoms with Crippen molar-refractivity contribution in [1.82, 2.24) is 5.32 Å². The molecule has 1 aromatic carbocycles. The number of benzene rings is 1. The Morgan fingerprint density at radius 2 is 2.13 bits per heavy atom. The van der Waals surface area contributed by atoms with Gasteiger partial charge in [-0.1, -0.05) is 18.2 Å². The molecule has 2 heterocycles. The Kier molecular flexibility index (Phi) is 4.34. The van der Waals surface area contributed by atoms with Crippen LogP contribution >= 0.6 is 11.3 Å². The first kappa shape index (κ1) is 15.6. The minimum Gasteiger partial charge on any atom is -0.479 e. The van der Waals surface area contributed by atoms with Crippen molar-refractivity contribution in [3.63, 3.8) is 0 Å². The number of amides is 2. The predicted octanol–water partition coefficient (Wildman–Crippen LogP) is 2.74. The van der Waals surface area contributed by atoms with Crippen LogP contribution < -0.4 is 15.0 Å². The maximum Gasteiger partial charge on any atom is 0.268 e. The maximum absolute atomic E-state index is 12.4. The van der Waals surface area contributed by atoms with E-state index in [2.05, 4.69) is 5.32 Å². The van der Waals surface area contributed by atoms with Gasteiger partial charge in [0.05, 0.1) is 11.7 Å². The SMILES string of the molecule is CC1Oc2ccccc2N(CC(=O)NC(C)c2cccs2)C1=O. The summed E-state index contributed by atoms with van der Waals surface area (Å²) in [5, 5.41) is 4.91. The Balaban J connectivity index is 1.73. The number of carbonyl (C=O) groups excluding carboxylic acids is 2. The third kappa shape index (κ3) is 3.22. The Hall–Kier alpha value is -2.34. The van der Waals surface area contributed by atoms with Gasteiger partial charge in [-0.05, 0) is 37.4 Å². The summed E-state index contributed by atoms with van der Waals surface area (Å²) in [6.07, 6.45) is -0.590. The summed E-state index contributed by atoms with van der Waals surface area (Å²) in [7, 11) is 0. The highest BCUT2D eigenvalue weighted by molar-refractivity contribution is 7.10. The number of nitrogens with one attached hydrogen (secondary N) is 1. The summed E-state index contributed by atoms with van der Waals surface area (Å²) in [6.45, 7) is 3.61. The van der Waals surface area contributed by atoms with Gasteiger partial charge in [0, 0.05) is 4.88 Å². The molecule has 3 rings (SSSR count). The summed E-state index contributed by atoms with van der Waals surface area (Å²) in [5.41, 5.74) is 0.634. The van der Waals surface area contributed by atoms with Gasteiger partial charge in [0.1, 0.15) is 12.3 Å². The van der Waals surface area contributed by atoms with Crippen LogP contribution in [0.1, 0.15) is 24.8 Å². The number of fused-ring (bicyclic) bond motifs is 1. The Morgan fingerprint density at radius 3 is 2.87 bits per heavy atom. The van der Waals surface area contributed by atoms with Crippen LogP contribution in [0.2, 0.25) is 0 Å². The first-order chi connectivity index (χ1) is 11.1. The van der Waals surface area contributed by atoms with Crippen LogP contribution in [-0.2, 0) is 9.59 Å². The fraction of sp³-hybridized carbons (Fsp3) is 0.294. The summed E-state index contributed by atoms with van der Waals surface area (Å²) >= 11 is 1.59. The molecule has 2 atom stereocenters. The van der Waals surface area contributed by atoms with Gasteiger partial charge in [0.25, 0.3) is 5.91 Å².